The Balaban J connectivity index is 1.81. The Morgan fingerprint density at radius 2 is 2.00 bits per heavy atom. The van der Waals surface area contributed by atoms with Gasteiger partial charge in [-0.1, -0.05) is 23.7 Å². The number of halogens is 3. The molecule has 1 saturated carbocycles. The summed E-state index contributed by atoms with van der Waals surface area (Å²) in [6, 6.07) is 9.05. The van der Waals surface area contributed by atoms with Gasteiger partial charge in [-0.3, -0.25) is 9.69 Å². The molecule has 0 saturated heterocycles. The van der Waals surface area contributed by atoms with Gasteiger partial charge in [-0.05, 0) is 72.4 Å². The zero-order valence-corrected chi connectivity index (χ0v) is 18.8. The molecule has 0 heterocycles. The number of ether oxygens (including phenoxy) is 1. The number of carboxylic acid groups (broad SMARTS) is 1. The maximum Gasteiger partial charge on any atom is 0.306 e. The molecule has 0 amide bonds. The van der Waals surface area contributed by atoms with E-state index in [-0.39, 0.29) is 17.8 Å². The van der Waals surface area contributed by atoms with Crippen molar-refractivity contribution in [3.8, 4) is 16.9 Å². The molecule has 0 unspecified atom stereocenters. The lowest BCUT2D eigenvalue weighted by molar-refractivity contribution is -0.143. The Labute approximate surface area is 183 Å². The molecule has 0 aliphatic heterocycles. The molecular weight excluding hydrogens is 461 g/mol. The Hall–Kier alpha value is -1.63. The lowest BCUT2D eigenvalue weighted by atomic mass is 9.85. The van der Waals surface area contributed by atoms with Crippen LogP contribution in [0.5, 0.6) is 5.75 Å². The summed E-state index contributed by atoms with van der Waals surface area (Å²) >= 11 is 9.78. The van der Waals surface area contributed by atoms with E-state index >= 15 is 4.39 Å². The lowest BCUT2D eigenvalue weighted by Gasteiger charge is -2.33. The van der Waals surface area contributed by atoms with Gasteiger partial charge < -0.3 is 9.84 Å². The van der Waals surface area contributed by atoms with Crippen LogP contribution in [0.25, 0.3) is 11.1 Å². The average Bonchev–Trinajstić information content (AvgIpc) is 2.71. The van der Waals surface area contributed by atoms with Crippen molar-refractivity contribution in [3.63, 3.8) is 0 Å². The number of nitrogens with zero attached hydrogens (tertiary/aromatic N) is 1. The second-order valence-corrected chi connectivity index (χ2v) is 8.73. The Morgan fingerprint density at radius 3 is 2.62 bits per heavy atom. The van der Waals surface area contributed by atoms with Crippen molar-refractivity contribution in [3.05, 3.63) is 51.2 Å². The van der Waals surface area contributed by atoms with Gasteiger partial charge in [-0.15, -0.1) is 0 Å². The predicted octanol–water partition coefficient (Wildman–Crippen LogP) is 5.99. The number of hydrogen-bond acceptors (Lipinski definition) is 3. The van der Waals surface area contributed by atoms with Crippen molar-refractivity contribution in [2.45, 2.75) is 38.3 Å². The van der Waals surface area contributed by atoms with E-state index in [0.717, 1.165) is 22.9 Å². The molecule has 1 aliphatic carbocycles. The Kier molecular flexibility index (Phi) is 7.19. The SMILES string of the molecule is COc1cc(-c2cccc(Br)c2Cl)cc(F)c1CN(C)C1CCC(C(=O)O)CC1. The molecule has 29 heavy (non-hydrogen) atoms. The molecule has 3 rings (SSSR count). The first-order valence-electron chi connectivity index (χ1n) is 9.55. The molecule has 2 aromatic carbocycles. The van der Waals surface area contributed by atoms with E-state index in [9.17, 15) is 4.79 Å². The molecule has 0 spiro atoms. The van der Waals surface area contributed by atoms with Crippen LogP contribution in [0.1, 0.15) is 31.2 Å². The van der Waals surface area contributed by atoms with Crippen molar-refractivity contribution in [2.75, 3.05) is 14.2 Å². The van der Waals surface area contributed by atoms with Gasteiger partial charge in [0.2, 0.25) is 0 Å². The van der Waals surface area contributed by atoms with Crippen LogP contribution in [0.15, 0.2) is 34.8 Å². The van der Waals surface area contributed by atoms with E-state index in [2.05, 4.69) is 20.8 Å². The third kappa shape index (κ3) is 4.93. The maximum atomic E-state index is 15.1. The first-order valence-corrected chi connectivity index (χ1v) is 10.7. The van der Waals surface area contributed by atoms with Crippen LogP contribution in [-0.2, 0) is 11.3 Å². The first-order chi connectivity index (χ1) is 13.8. The second kappa shape index (κ2) is 9.45. The van der Waals surface area contributed by atoms with E-state index < -0.39 is 5.97 Å². The van der Waals surface area contributed by atoms with Crippen LogP contribution in [0.2, 0.25) is 5.02 Å². The largest absolute Gasteiger partial charge is 0.496 e. The highest BCUT2D eigenvalue weighted by molar-refractivity contribution is 9.10. The van der Waals surface area contributed by atoms with E-state index in [1.54, 1.807) is 6.07 Å². The highest BCUT2D eigenvalue weighted by atomic mass is 79.9. The van der Waals surface area contributed by atoms with E-state index in [1.807, 2.05) is 25.2 Å². The average molecular weight is 485 g/mol. The summed E-state index contributed by atoms with van der Waals surface area (Å²) in [4.78, 5) is 13.2. The number of hydrogen-bond donors (Lipinski definition) is 1. The fourth-order valence-electron chi connectivity index (χ4n) is 3.97. The van der Waals surface area contributed by atoms with Gasteiger partial charge in [0.15, 0.2) is 0 Å². The Morgan fingerprint density at radius 1 is 1.31 bits per heavy atom. The molecule has 2 aromatic rings. The summed E-state index contributed by atoms with van der Waals surface area (Å²) < 4.78 is 21.3. The van der Waals surface area contributed by atoms with Gasteiger partial charge in [-0.2, -0.15) is 0 Å². The van der Waals surface area contributed by atoms with Crippen molar-refractivity contribution in [1.82, 2.24) is 4.90 Å². The number of methoxy groups -OCH3 is 1. The summed E-state index contributed by atoms with van der Waals surface area (Å²) in [6.07, 6.45) is 2.90. The molecule has 1 aliphatic rings. The fourth-order valence-corrected chi connectivity index (χ4v) is 4.57. The van der Waals surface area contributed by atoms with E-state index in [0.29, 0.717) is 41.3 Å². The molecule has 0 aromatic heterocycles. The number of benzene rings is 2. The molecule has 0 radical (unpaired) electrons. The Bertz CT molecular complexity index is 900. The zero-order valence-electron chi connectivity index (χ0n) is 16.4. The first kappa shape index (κ1) is 22.1. The van der Waals surface area contributed by atoms with Crippen LogP contribution >= 0.6 is 27.5 Å². The molecular formula is C22H24BrClFNO3. The molecule has 1 N–H and O–H groups in total. The highest BCUT2D eigenvalue weighted by Crippen LogP contribution is 2.37. The summed E-state index contributed by atoms with van der Waals surface area (Å²) in [5.41, 5.74) is 1.87. The van der Waals surface area contributed by atoms with E-state index in [1.165, 1.54) is 13.2 Å². The second-order valence-electron chi connectivity index (χ2n) is 7.50. The van der Waals surface area contributed by atoms with Crippen LogP contribution < -0.4 is 4.74 Å². The minimum atomic E-state index is -0.722. The number of carbonyl (C=O) groups is 1. The minimum Gasteiger partial charge on any atom is -0.496 e. The molecule has 7 heteroatoms. The third-order valence-electron chi connectivity index (χ3n) is 5.71. The summed E-state index contributed by atoms with van der Waals surface area (Å²) in [6.45, 7) is 0.393. The van der Waals surface area contributed by atoms with Gasteiger partial charge >= 0.3 is 5.97 Å². The van der Waals surface area contributed by atoms with Crippen LogP contribution in [0.3, 0.4) is 0 Å². The quantitative estimate of drug-likeness (QED) is 0.547. The van der Waals surface area contributed by atoms with Crippen molar-refractivity contribution in [2.24, 2.45) is 5.92 Å². The number of carboxylic acids is 1. The number of aliphatic carboxylic acids is 1. The molecule has 0 bridgehead atoms. The topological polar surface area (TPSA) is 49.8 Å². The van der Waals surface area contributed by atoms with Crippen LogP contribution in [-0.4, -0.2) is 36.2 Å². The predicted molar refractivity (Wildman–Crippen MR) is 116 cm³/mol. The van der Waals surface area contributed by atoms with Crippen LogP contribution in [0.4, 0.5) is 4.39 Å². The molecule has 0 atom stereocenters. The summed E-state index contributed by atoms with van der Waals surface area (Å²) in [5, 5.41) is 9.69. The smallest absolute Gasteiger partial charge is 0.306 e. The van der Waals surface area contributed by atoms with Crippen molar-refractivity contribution >= 4 is 33.5 Å². The van der Waals surface area contributed by atoms with Crippen molar-refractivity contribution in [1.29, 1.82) is 0 Å². The molecule has 1 fully saturated rings. The summed E-state index contributed by atoms with van der Waals surface area (Å²) in [7, 11) is 3.48. The lowest BCUT2D eigenvalue weighted by Crippen LogP contribution is -2.36. The zero-order chi connectivity index (χ0) is 21.1. The third-order valence-corrected chi connectivity index (χ3v) is 7.01. The normalized spacial score (nSPS) is 19.4. The van der Waals surface area contributed by atoms with Crippen LogP contribution in [0, 0.1) is 11.7 Å². The van der Waals surface area contributed by atoms with Gasteiger partial charge in [0, 0.05) is 28.2 Å². The van der Waals surface area contributed by atoms with Gasteiger partial charge in [-0.25, -0.2) is 4.39 Å². The minimum absolute atomic E-state index is 0.230. The highest BCUT2D eigenvalue weighted by Gasteiger charge is 2.28. The maximum absolute atomic E-state index is 15.1. The number of rotatable bonds is 6. The monoisotopic (exact) mass is 483 g/mol. The molecule has 156 valence electrons. The van der Waals surface area contributed by atoms with Gasteiger partial charge in [0.1, 0.15) is 11.6 Å². The van der Waals surface area contributed by atoms with E-state index in [4.69, 9.17) is 21.4 Å². The standard InChI is InChI=1S/C22H24BrClFNO3/c1-26(15-8-6-13(7-9-15)22(27)28)12-17-19(25)10-14(11-20(17)29-2)16-4-3-5-18(23)21(16)24/h3-5,10-11,13,15H,6-9,12H2,1-2H3,(H,27,28). The fraction of sp³-hybridized carbons (Fsp3) is 0.409. The van der Waals surface area contributed by atoms with Gasteiger partial charge in [0.25, 0.3) is 0 Å². The molecule has 4 nitrogen and oxygen atoms in total. The van der Waals surface area contributed by atoms with Crippen molar-refractivity contribution < 1.29 is 19.0 Å². The van der Waals surface area contributed by atoms with Gasteiger partial charge in [0.05, 0.1) is 18.1 Å². The summed E-state index contributed by atoms with van der Waals surface area (Å²) in [5.74, 6) is -0.857.